The van der Waals surface area contributed by atoms with Gasteiger partial charge >= 0.3 is 12.1 Å². The molecule has 1 aromatic carbocycles. The van der Waals surface area contributed by atoms with Gasteiger partial charge in [-0.15, -0.1) is 0 Å². The molecule has 1 unspecified atom stereocenters. The number of nitrogens with zero attached hydrogens (tertiary/aromatic N) is 1. The van der Waals surface area contributed by atoms with Crippen molar-refractivity contribution in [2.24, 2.45) is 17.6 Å². The molecular formula is C30H45N3O6. The van der Waals surface area contributed by atoms with E-state index in [1.165, 1.54) is 4.90 Å². The quantitative estimate of drug-likeness (QED) is 0.465. The van der Waals surface area contributed by atoms with E-state index in [-0.39, 0.29) is 37.3 Å². The van der Waals surface area contributed by atoms with Crippen molar-refractivity contribution in [1.82, 2.24) is 10.2 Å². The summed E-state index contributed by atoms with van der Waals surface area (Å²) in [5.74, 6) is -0.785. The number of primary amides is 1. The second kappa shape index (κ2) is 12.0. The Morgan fingerprint density at radius 2 is 1.74 bits per heavy atom. The third-order valence-electron chi connectivity index (χ3n) is 7.28. The molecule has 39 heavy (non-hydrogen) atoms. The molecule has 4 atom stereocenters. The van der Waals surface area contributed by atoms with Crippen molar-refractivity contribution in [3.63, 3.8) is 0 Å². The summed E-state index contributed by atoms with van der Waals surface area (Å²) in [5, 5.41) is 3.11. The molecular weight excluding hydrogens is 498 g/mol. The number of fused-ring (bicyclic) bond motifs is 1. The van der Waals surface area contributed by atoms with E-state index in [4.69, 9.17) is 15.2 Å². The van der Waals surface area contributed by atoms with Crippen molar-refractivity contribution in [2.45, 2.75) is 117 Å². The summed E-state index contributed by atoms with van der Waals surface area (Å²) < 4.78 is 10.9. The van der Waals surface area contributed by atoms with E-state index in [2.05, 4.69) is 12.2 Å². The summed E-state index contributed by atoms with van der Waals surface area (Å²) in [5.41, 5.74) is 6.91. The fourth-order valence-electron chi connectivity index (χ4n) is 5.64. The van der Waals surface area contributed by atoms with E-state index in [9.17, 15) is 19.2 Å². The van der Waals surface area contributed by atoms with Gasteiger partial charge in [-0.2, -0.15) is 0 Å². The third-order valence-corrected chi connectivity index (χ3v) is 7.28. The molecule has 9 nitrogen and oxygen atoms in total. The van der Waals surface area contributed by atoms with E-state index in [1.54, 1.807) is 20.8 Å². The average molecular weight is 544 g/mol. The summed E-state index contributed by atoms with van der Waals surface area (Å²) in [4.78, 5) is 51.7. The summed E-state index contributed by atoms with van der Waals surface area (Å²) in [6.45, 7) is 13.3. The molecule has 1 saturated carbocycles. The lowest BCUT2D eigenvalue weighted by atomic mass is 9.75. The summed E-state index contributed by atoms with van der Waals surface area (Å²) in [6.07, 6.45) is 3.57. The molecule has 1 aliphatic heterocycles. The molecule has 3 N–H and O–H groups in total. The zero-order valence-electron chi connectivity index (χ0n) is 24.5. The standard InChI is InChI=1S/C30H45N3O6/c1-18-9-8-10-20(25(18)32-28(37)39-30(5,6)7)15-19-11-12-22-21(16-19)17-33(27(22)36)23(26(31)35)13-14-24(34)38-29(2,3)4/h11-12,16,18,20,23,25H,8-10,13-15,17H2,1-7H3,(H2,31,35)(H,32,37)/t18-,20+,23?,25-/m0/s1. The number of alkyl carbamates (subject to hydrolysis) is 1. The minimum Gasteiger partial charge on any atom is -0.460 e. The SMILES string of the molecule is C[C@H]1CCC[C@H](Cc2ccc3c(c2)CN(C(CCC(=O)OC(C)(C)C)C(N)=O)C3=O)[C@H]1NC(=O)OC(C)(C)C. The van der Waals surface area contributed by atoms with Crippen molar-refractivity contribution < 1.29 is 28.7 Å². The van der Waals surface area contributed by atoms with Gasteiger partial charge in [0, 0.05) is 24.6 Å². The van der Waals surface area contributed by atoms with Crippen LogP contribution < -0.4 is 11.1 Å². The Morgan fingerprint density at radius 1 is 1.08 bits per heavy atom. The first-order chi connectivity index (χ1) is 18.0. The van der Waals surface area contributed by atoms with Crippen LogP contribution in [-0.2, 0) is 32.0 Å². The number of rotatable bonds is 8. The Bertz CT molecular complexity index is 1090. The maximum atomic E-state index is 13.2. The van der Waals surface area contributed by atoms with Gasteiger partial charge in [-0.25, -0.2) is 4.79 Å². The highest BCUT2D eigenvalue weighted by Crippen LogP contribution is 2.34. The number of ether oxygens (including phenoxy) is 2. The molecule has 1 fully saturated rings. The Labute approximate surface area is 232 Å². The molecule has 3 rings (SSSR count). The topological polar surface area (TPSA) is 128 Å². The lowest BCUT2D eigenvalue weighted by molar-refractivity contribution is -0.155. The maximum Gasteiger partial charge on any atom is 0.407 e. The highest BCUT2D eigenvalue weighted by atomic mass is 16.6. The Balaban J connectivity index is 1.70. The number of amides is 3. The van der Waals surface area contributed by atoms with Crippen molar-refractivity contribution in [3.05, 3.63) is 34.9 Å². The van der Waals surface area contributed by atoms with Gasteiger partial charge in [0.25, 0.3) is 5.91 Å². The predicted molar refractivity (Wildman–Crippen MR) is 148 cm³/mol. The van der Waals surface area contributed by atoms with Crippen LogP contribution in [0.4, 0.5) is 4.79 Å². The molecule has 1 aliphatic carbocycles. The minimum atomic E-state index is -0.900. The van der Waals surface area contributed by atoms with Gasteiger partial charge in [-0.05, 0) is 96.3 Å². The normalized spacial score (nSPS) is 22.2. The molecule has 0 bridgehead atoms. The van der Waals surface area contributed by atoms with Crippen LogP contribution >= 0.6 is 0 Å². The van der Waals surface area contributed by atoms with Gasteiger partial charge in [0.1, 0.15) is 17.2 Å². The van der Waals surface area contributed by atoms with Gasteiger partial charge in [0.2, 0.25) is 5.91 Å². The Kier molecular flexibility index (Phi) is 9.34. The monoisotopic (exact) mass is 543 g/mol. The number of hydrogen-bond acceptors (Lipinski definition) is 6. The zero-order chi connectivity index (χ0) is 29.1. The smallest absolute Gasteiger partial charge is 0.407 e. The molecule has 1 aromatic rings. The van der Waals surface area contributed by atoms with Gasteiger partial charge < -0.3 is 25.4 Å². The van der Waals surface area contributed by atoms with Crippen LogP contribution in [-0.4, -0.2) is 52.1 Å². The number of carbonyl (C=O) groups excluding carboxylic acids is 4. The van der Waals surface area contributed by atoms with Crippen molar-refractivity contribution in [1.29, 1.82) is 0 Å². The lowest BCUT2D eigenvalue weighted by Crippen LogP contribution is -2.48. The van der Waals surface area contributed by atoms with Crippen LogP contribution in [0.25, 0.3) is 0 Å². The predicted octanol–water partition coefficient (Wildman–Crippen LogP) is 4.49. The average Bonchev–Trinajstić information content (AvgIpc) is 3.09. The first-order valence-electron chi connectivity index (χ1n) is 14.0. The minimum absolute atomic E-state index is 0.00733. The van der Waals surface area contributed by atoms with Crippen LogP contribution in [0, 0.1) is 11.8 Å². The van der Waals surface area contributed by atoms with Crippen LogP contribution in [0.3, 0.4) is 0 Å². The number of nitrogens with two attached hydrogens (primary N) is 1. The Morgan fingerprint density at radius 3 is 2.36 bits per heavy atom. The van der Waals surface area contributed by atoms with Crippen LogP contribution in [0.5, 0.6) is 0 Å². The lowest BCUT2D eigenvalue weighted by Gasteiger charge is -2.37. The second-order valence-corrected chi connectivity index (χ2v) is 13.0. The number of benzene rings is 1. The molecule has 0 radical (unpaired) electrons. The highest BCUT2D eigenvalue weighted by Gasteiger charge is 2.37. The molecule has 0 aromatic heterocycles. The molecule has 9 heteroatoms. The molecule has 2 aliphatic rings. The zero-order valence-corrected chi connectivity index (χ0v) is 24.5. The van der Waals surface area contributed by atoms with Gasteiger partial charge in [0.05, 0.1) is 0 Å². The largest absolute Gasteiger partial charge is 0.460 e. The van der Waals surface area contributed by atoms with Gasteiger partial charge in [-0.1, -0.05) is 25.5 Å². The fourth-order valence-corrected chi connectivity index (χ4v) is 5.64. The molecule has 1 heterocycles. The van der Waals surface area contributed by atoms with Crippen molar-refractivity contribution in [3.8, 4) is 0 Å². The van der Waals surface area contributed by atoms with Crippen LogP contribution in [0.2, 0.25) is 0 Å². The fraction of sp³-hybridized carbons (Fsp3) is 0.667. The first-order valence-corrected chi connectivity index (χ1v) is 14.0. The molecule has 0 spiro atoms. The first kappa shape index (κ1) is 30.4. The number of esters is 1. The number of hydrogen-bond donors (Lipinski definition) is 2. The van der Waals surface area contributed by atoms with Gasteiger partial charge in [0.15, 0.2) is 0 Å². The summed E-state index contributed by atoms with van der Waals surface area (Å²) >= 11 is 0. The van der Waals surface area contributed by atoms with E-state index in [0.717, 1.165) is 36.8 Å². The van der Waals surface area contributed by atoms with Crippen LogP contribution in [0.15, 0.2) is 18.2 Å². The van der Waals surface area contributed by atoms with E-state index in [0.29, 0.717) is 11.5 Å². The third kappa shape index (κ3) is 8.44. The maximum absolute atomic E-state index is 13.2. The summed E-state index contributed by atoms with van der Waals surface area (Å²) in [7, 11) is 0. The van der Waals surface area contributed by atoms with Crippen molar-refractivity contribution >= 4 is 23.9 Å². The highest BCUT2D eigenvalue weighted by molar-refractivity contribution is 6.01. The molecule has 3 amide bonds. The molecule has 216 valence electrons. The number of carbonyl (C=O) groups is 4. The van der Waals surface area contributed by atoms with E-state index < -0.39 is 35.2 Å². The van der Waals surface area contributed by atoms with E-state index >= 15 is 0 Å². The Hall–Kier alpha value is -3.10. The van der Waals surface area contributed by atoms with Gasteiger partial charge in [-0.3, -0.25) is 14.4 Å². The van der Waals surface area contributed by atoms with Crippen LogP contribution in [0.1, 0.15) is 102 Å². The van der Waals surface area contributed by atoms with Crippen molar-refractivity contribution in [2.75, 3.05) is 0 Å². The summed E-state index contributed by atoms with van der Waals surface area (Å²) in [6, 6.07) is 4.86. The molecule has 0 saturated heterocycles. The van der Waals surface area contributed by atoms with E-state index in [1.807, 2.05) is 39.0 Å². The number of nitrogens with one attached hydrogen (secondary N) is 1. The second-order valence-electron chi connectivity index (χ2n) is 13.0.